The zero-order valence-electron chi connectivity index (χ0n) is 8.05. The summed E-state index contributed by atoms with van der Waals surface area (Å²) in [6, 6.07) is 0.490. The van der Waals surface area contributed by atoms with Crippen molar-refractivity contribution in [3.05, 3.63) is 11.8 Å². The second-order valence-corrected chi connectivity index (χ2v) is 3.64. The van der Waals surface area contributed by atoms with E-state index in [9.17, 15) is 4.79 Å². The Bertz CT molecular complexity index is 205. The minimum Gasteiger partial charge on any atom is -0.478 e. The molecule has 1 aliphatic carbocycles. The molecule has 1 aliphatic rings. The number of carboxylic acids is 1. The summed E-state index contributed by atoms with van der Waals surface area (Å²) in [4.78, 5) is 10.3. The Morgan fingerprint density at radius 2 is 2.00 bits per heavy atom. The van der Waals surface area contributed by atoms with Gasteiger partial charge < -0.3 is 10.4 Å². The molecule has 1 rings (SSSR count). The van der Waals surface area contributed by atoms with Gasteiger partial charge in [0.1, 0.15) is 0 Å². The van der Waals surface area contributed by atoms with Gasteiger partial charge in [-0.2, -0.15) is 0 Å². The van der Waals surface area contributed by atoms with Crippen molar-refractivity contribution in [2.24, 2.45) is 0 Å². The Kier molecular flexibility index (Phi) is 3.80. The first-order valence-electron chi connectivity index (χ1n) is 4.86. The smallest absolute Gasteiger partial charge is 0.330 e. The van der Waals surface area contributed by atoms with E-state index in [-0.39, 0.29) is 0 Å². The second-order valence-electron chi connectivity index (χ2n) is 3.64. The predicted octanol–water partition coefficient (Wildman–Crippen LogP) is 1.90. The molecule has 0 aromatic rings. The number of rotatable bonds is 3. The van der Waals surface area contributed by atoms with E-state index in [1.165, 1.54) is 38.2 Å². The molecule has 1 saturated carbocycles. The number of allylic oxidation sites excluding steroid dienone is 1. The average Bonchev–Trinajstić information content (AvgIpc) is 2.04. The van der Waals surface area contributed by atoms with Crippen LogP contribution in [0.3, 0.4) is 0 Å². The van der Waals surface area contributed by atoms with Crippen molar-refractivity contribution in [3.63, 3.8) is 0 Å². The number of carboxylic acid groups (broad SMARTS) is 1. The minimum atomic E-state index is -0.874. The SMILES string of the molecule is C/C(=C/C(=O)O)NC1CCCCC1. The van der Waals surface area contributed by atoms with Gasteiger partial charge in [-0.15, -0.1) is 0 Å². The van der Waals surface area contributed by atoms with Gasteiger partial charge in [0.15, 0.2) is 0 Å². The van der Waals surface area contributed by atoms with E-state index in [0.717, 1.165) is 5.70 Å². The van der Waals surface area contributed by atoms with Crippen molar-refractivity contribution in [3.8, 4) is 0 Å². The lowest BCUT2D eigenvalue weighted by Crippen LogP contribution is -2.29. The first kappa shape index (κ1) is 10.1. The van der Waals surface area contributed by atoms with E-state index < -0.39 is 5.97 Å². The Labute approximate surface area is 78.8 Å². The van der Waals surface area contributed by atoms with Gasteiger partial charge >= 0.3 is 5.97 Å². The Morgan fingerprint density at radius 1 is 1.38 bits per heavy atom. The molecule has 1 fully saturated rings. The molecule has 0 saturated heterocycles. The lowest BCUT2D eigenvalue weighted by Gasteiger charge is -2.23. The van der Waals surface area contributed by atoms with Gasteiger partial charge in [-0.3, -0.25) is 0 Å². The summed E-state index contributed by atoms with van der Waals surface area (Å²) in [6.45, 7) is 1.81. The molecular weight excluding hydrogens is 166 g/mol. The summed E-state index contributed by atoms with van der Waals surface area (Å²) >= 11 is 0. The molecule has 0 aliphatic heterocycles. The Hall–Kier alpha value is -0.990. The molecule has 0 bridgehead atoms. The fourth-order valence-electron chi connectivity index (χ4n) is 1.80. The van der Waals surface area contributed by atoms with Gasteiger partial charge in [-0.05, 0) is 19.8 Å². The van der Waals surface area contributed by atoms with Crippen LogP contribution < -0.4 is 5.32 Å². The third-order valence-electron chi connectivity index (χ3n) is 2.38. The molecule has 13 heavy (non-hydrogen) atoms. The van der Waals surface area contributed by atoms with Crippen LogP contribution in [0.15, 0.2) is 11.8 Å². The fraction of sp³-hybridized carbons (Fsp3) is 0.700. The van der Waals surface area contributed by atoms with Crippen molar-refractivity contribution >= 4 is 5.97 Å². The van der Waals surface area contributed by atoms with Crippen LogP contribution in [-0.4, -0.2) is 17.1 Å². The highest BCUT2D eigenvalue weighted by molar-refractivity contribution is 5.80. The van der Waals surface area contributed by atoms with E-state index in [0.29, 0.717) is 6.04 Å². The normalized spacial score (nSPS) is 19.9. The average molecular weight is 183 g/mol. The van der Waals surface area contributed by atoms with E-state index in [1.807, 2.05) is 6.92 Å². The van der Waals surface area contributed by atoms with Crippen molar-refractivity contribution < 1.29 is 9.90 Å². The molecule has 0 atom stereocenters. The summed E-state index contributed by atoms with van der Waals surface area (Å²) in [5, 5.41) is 11.7. The number of hydrogen-bond acceptors (Lipinski definition) is 2. The number of carbonyl (C=O) groups is 1. The molecule has 0 aromatic carbocycles. The molecule has 0 aromatic heterocycles. The minimum absolute atomic E-state index is 0.490. The highest BCUT2D eigenvalue weighted by Gasteiger charge is 2.12. The number of aliphatic carboxylic acids is 1. The zero-order chi connectivity index (χ0) is 9.68. The fourth-order valence-corrected chi connectivity index (χ4v) is 1.80. The van der Waals surface area contributed by atoms with Gasteiger partial charge in [0.2, 0.25) is 0 Å². The lowest BCUT2D eigenvalue weighted by atomic mass is 9.95. The maximum absolute atomic E-state index is 10.3. The summed E-state index contributed by atoms with van der Waals surface area (Å²) in [6.07, 6.45) is 7.42. The summed E-state index contributed by atoms with van der Waals surface area (Å²) < 4.78 is 0. The van der Waals surface area contributed by atoms with E-state index in [1.54, 1.807) is 0 Å². The molecule has 0 radical (unpaired) electrons. The largest absolute Gasteiger partial charge is 0.478 e. The van der Waals surface area contributed by atoms with E-state index in [2.05, 4.69) is 5.32 Å². The first-order valence-corrected chi connectivity index (χ1v) is 4.86. The van der Waals surface area contributed by atoms with Crippen LogP contribution in [0.2, 0.25) is 0 Å². The molecule has 0 spiro atoms. The molecule has 0 heterocycles. The second kappa shape index (κ2) is 4.90. The van der Waals surface area contributed by atoms with Crippen LogP contribution in [-0.2, 0) is 4.79 Å². The topological polar surface area (TPSA) is 49.3 Å². The van der Waals surface area contributed by atoms with Crippen molar-refractivity contribution in [2.45, 2.75) is 45.1 Å². The first-order chi connectivity index (χ1) is 6.18. The van der Waals surface area contributed by atoms with Gasteiger partial charge in [-0.1, -0.05) is 19.3 Å². The lowest BCUT2D eigenvalue weighted by molar-refractivity contribution is -0.131. The van der Waals surface area contributed by atoms with Crippen LogP contribution in [0.25, 0.3) is 0 Å². The van der Waals surface area contributed by atoms with Crippen molar-refractivity contribution in [1.82, 2.24) is 5.32 Å². The summed E-state index contributed by atoms with van der Waals surface area (Å²) in [5.74, 6) is -0.874. The number of hydrogen-bond donors (Lipinski definition) is 2. The highest BCUT2D eigenvalue weighted by atomic mass is 16.4. The maximum atomic E-state index is 10.3. The maximum Gasteiger partial charge on any atom is 0.330 e. The van der Waals surface area contributed by atoms with Crippen LogP contribution in [0.5, 0.6) is 0 Å². The van der Waals surface area contributed by atoms with Crippen LogP contribution >= 0.6 is 0 Å². The Morgan fingerprint density at radius 3 is 2.54 bits per heavy atom. The standard InChI is InChI=1S/C10H17NO2/c1-8(7-10(12)13)11-9-5-3-2-4-6-9/h7,9,11H,2-6H2,1H3,(H,12,13)/b8-7-. The van der Waals surface area contributed by atoms with Crippen LogP contribution in [0, 0.1) is 0 Å². The molecule has 3 nitrogen and oxygen atoms in total. The monoisotopic (exact) mass is 183 g/mol. The van der Waals surface area contributed by atoms with Gasteiger partial charge in [0.05, 0.1) is 0 Å². The van der Waals surface area contributed by atoms with E-state index >= 15 is 0 Å². The van der Waals surface area contributed by atoms with Crippen molar-refractivity contribution in [1.29, 1.82) is 0 Å². The van der Waals surface area contributed by atoms with Gasteiger partial charge in [0, 0.05) is 17.8 Å². The molecule has 74 valence electrons. The third kappa shape index (κ3) is 3.97. The van der Waals surface area contributed by atoms with Gasteiger partial charge in [0.25, 0.3) is 0 Å². The van der Waals surface area contributed by atoms with Gasteiger partial charge in [-0.25, -0.2) is 4.79 Å². The summed E-state index contributed by atoms with van der Waals surface area (Å²) in [7, 11) is 0. The number of nitrogens with one attached hydrogen (secondary N) is 1. The third-order valence-corrected chi connectivity index (χ3v) is 2.38. The Balaban J connectivity index is 2.33. The predicted molar refractivity (Wildman–Crippen MR) is 51.4 cm³/mol. The molecule has 0 amide bonds. The highest BCUT2D eigenvalue weighted by Crippen LogP contribution is 2.18. The quantitative estimate of drug-likeness (QED) is 0.657. The summed E-state index contributed by atoms with van der Waals surface area (Å²) in [5.41, 5.74) is 0.763. The molecule has 2 N–H and O–H groups in total. The molecule has 0 unspecified atom stereocenters. The molecular formula is C10H17NO2. The molecule has 3 heteroatoms. The van der Waals surface area contributed by atoms with Crippen LogP contribution in [0.4, 0.5) is 0 Å². The van der Waals surface area contributed by atoms with E-state index in [4.69, 9.17) is 5.11 Å². The van der Waals surface area contributed by atoms with Crippen LogP contribution in [0.1, 0.15) is 39.0 Å². The van der Waals surface area contributed by atoms with Crippen molar-refractivity contribution in [2.75, 3.05) is 0 Å². The zero-order valence-corrected chi connectivity index (χ0v) is 8.05.